The maximum Gasteiger partial charge on any atom is 0.412 e. The van der Waals surface area contributed by atoms with Gasteiger partial charge in [0.05, 0.1) is 0 Å². The Hall–Kier alpha value is -2.03. The smallest absolute Gasteiger partial charge is 0.166 e. The normalized spacial score (nSPS) is 12.4. The zero-order valence-electron chi connectivity index (χ0n) is 13.0. The lowest BCUT2D eigenvalue weighted by Gasteiger charge is -2.12. The molecule has 0 bridgehead atoms. The van der Waals surface area contributed by atoms with Gasteiger partial charge in [0.1, 0.15) is 0 Å². The molecule has 23 heavy (non-hydrogen) atoms. The molecule has 0 aliphatic carbocycles. The molecule has 0 unspecified atom stereocenters. The van der Waals surface area contributed by atoms with Gasteiger partial charge in [-0.15, -0.1) is 0 Å². The number of allylic oxidation sites excluding steroid dienone is 2. The molecule has 0 N–H and O–H groups in total. The van der Waals surface area contributed by atoms with Crippen LogP contribution in [-0.4, -0.2) is 6.18 Å². The second kappa shape index (κ2) is 8.56. The number of hydrogen-bond donors (Lipinski definition) is 0. The number of benzene rings is 2. The van der Waals surface area contributed by atoms with Crippen LogP contribution >= 0.6 is 0 Å². The van der Waals surface area contributed by atoms with Crippen molar-refractivity contribution in [2.75, 3.05) is 0 Å². The lowest BCUT2D eigenvalue weighted by molar-refractivity contribution is -0.0942. The molecule has 0 saturated carbocycles. The minimum absolute atomic E-state index is 0.0405. The van der Waals surface area contributed by atoms with Crippen LogP contribution in [0.2, 0.25) is 0 Å². The molecule has 0 aliphatic rings. The van der Waals surface area contributed by atoms with E-state index < -0.39 is 11.7 Å². The molecule has 0 fully saturated rings. The molecule has 2 aromatic rings. The van der Waals surface area contributed by atoms with Crippen LogP contribution in [0, 0.1) is 0 Å². The SMILES string of the molecule is FC(F)(F)C(=CCCCc1ccccc1)CCc1ccccc1. The van der Waals surface area contributed by atoms with E-state index in [2.05, 4.69) is 0 Å². The first-order chi connectivity index (χ1) is 11.1. The Balaban J connectivity index is 1.87. The van der Waals surface area contributed by atoms with E-state index in [9.17, 15) is 13.2 Å². The first kappa shape index (κ1) is 17.3. The quantitative estimate of drug-likeness (QED) is 0.425. The zero-order chi connectivity index (χ0) is 16.5. The van der Waals surface area contributed by atoms with Crippen molar-refractivity contribution in [3.8, 4) is 0 Å². The molecular weight excluding hydrogens is 297 g/mol. The molecule has 0 amide bonds. The predicted octanol–water partition coefficient (Wildman–Crippen LogP) is 6.13. The highest BCUT2D eigenvalue weighted by atomic mass is 19.4. The largest absolute Gasteiger partial charge is 0.412 e. The van der Waals surface area contributed by atoms with Crippen molar-refractivity contribution in [3.63, 3.8) is 0 Å². The van der Waals surface area contributed by atoms with E-state index in [0.717, 1.165) is 18.4 Å². The third-order valence-electron chi connectivity index (χ3n) is 3.79. The van der Waals surface area contributed by atoms with E-state index in [1.807, 2.05) is 60.7 Å². The lowest BCUT2D eigenvalue weighted by atomic mass is 10.0. The number of hydrogen-bond acceptors (Lipinski definition) is 0. The summed E-state index contributed by atoms with van der Waals surface area (Å²) in [6, 6.07) is 19.2. The van der Waals surface area contributed by atoms with Crippen LogP contribution in [0.25, 0.3) is 0 Å². The minimum atomic E-state index is -4.23. The molecule has 0 aromatic heterocycles. The summed E-state index contributed by atoms with van der Waals surface area (Å²) < 4.78 is 39.3. The van der Waals surface area contributed by atoms with E-state index in [0.29, 0.717) is 12.8 Å². The number of rotatable bonds is 7. The summed E-state index contributed by atoms with van der Waals surface area (Å²) >= 11 is 0. The third-order valence-corrected chi connectivity index (χ3v) is 3.79. The van der Waals surface area contributed by atoms with Gasteiger partial charge in [-0.25, -0.2) is 0 Å². The molecule has 122 valence electrons. The van der Waals surface area contributed by atoms with E-state index >= 15 is 0 Å². The van der Waals surface area contributed by atoms with Gasteiger partial charge >= 0.3 is 6.18 Å². The molecule has 0 atom stereocenters. The maximum atomic E-state index is 13.1. The van der Waals surface area contributed by atoms with Gasteiger partial charge in [0.2, 0.25) is 0 Å². The molecule has 2 aromatic carbocycles. The van der Waals surface area contributed by atoms with E-state index in [-0.39, 0.29) is 6.42 Å². The summed E-state index contributed by atoms with van der Waals surface area (Å²) in [5, 5.41) is 0. The van der Waals surface area contributed by atoms with Gasteiger partial charge < -0.3 is 0 Å². The highest BCUT2D eigenvalue weighted by Crippen LogP contribution is 2.30. The highest BCUT2D eigenvalue weighted by molar-refractivity contribution is 5.19. The van der Waals surface area contributed by atoms with Gasteiger partial charge in [0.25, 0.3) is 0 Å². The zero-order valence-corrected chi connectivity index (χ0v) is 13.0. The van der Waals surface area contributed by atoms with E-state index in [4.69, 9.17) is 0 Å². The minimum Gasteiger partial charge on any atom is -0.166 e. The fourth-order valence-corrected chi connectivity index (χ4v) is 2.51. The van der Waals surface area contributed by atoms with Crippen molar-refractivity contribution >= 4 is 0 Å². The molecule has 0 saturated heterocycles. The molecule has 0 spiro atoms. The van der Waals surface area contributed by atoms with Gasteiger partial charge in [0, 0.05) is 5.57 Å². The first-order valence-corrected chi connectivity index (χ1v) is 7.90. The Morgan fingerprint density at radius 1 is 0.783 bits per heavy atom. The number of alkyl halides is 3. The molecular formula is C20H21F3. The molecule has 0 aliphatic heterocycles. The van der Waals surface area contributed by atoms with Crippen LogP contribution < -0.4 is 0 Å². The summed E-state index contributed by atoms with van der Waals surface area (Å²) in [6.45, 7) is 0. The molecule has 0 nitrogen and oxygen atoms in total. The van der Waals surface area contributed by atoms with Crippen LogP contribution in [0.5, 0.6) is 0 Å². The van der Waals surface area contributed by atoms with Crippen molar-refractivity contribution in [2.24, 2.45) is 0 Å². The van der Waals surface area contributed by atoms with Crippen molar-refractivity contribution in [2.45, 2.75) is 38.3 Å². The third kappa shape index (κ3) is 6.31. The second-order valence-corrected chi connectivity index (χ2v) is 5.59. The summed E-state index contributed by atoms with van der Waals surface area (Å²) in [7, 11) is 0. The van der Waals surface area contributed by atoms with Gasteiger partial charge in [-0.1, -0.05) is 66.7 Å². The van der Waals surface area contributed by atoms with E-state index in [1.165, 1.54) is 11.6 Å². The molecule has 3 heteroatoms. The van der Waals surface area contributed by atoms with Crippen molar-refractivity contribution in [1.29, 1.82) is 0 Å². The van der Waals surface area contributed by atoms with E-state index in [1.54, 1.807) is 0 Å². The molecule has 0 heterocycles. The van der Waals surface area contributed by atoms with Crippen LogP contribution in [0.3, 0.4) is 0 Å². The van der Waals surface area contributed by atoms with Crippen LogP contribution in [0.1, 0.15) is 30.4 Å². The topological polar surface area (TPSA) is 0 Å². The summed E-state index contributed by atoms with van der Waals surface area (Å²) in [5.41, 5.74) is 1.69. The Labute approximate surface area is 135 Å². The predicted molar refractivity (Wildman–Crippen MR) is 88.3 cm³/mol. The second-order valence-electron chi connectivity index (χ2n) is 5.59. The van der Waals surface area contributed by atoms with Gasteiger partial charge in [-0.2, -0.15) is 13.2 Å². The van der Waals surface area contributed by atoms with Crippen LogP contribution in [0.4, 0.5) is 13.2 Å². The van der Waals surface area contributed by atoms with Gasteiger partial charge in [0.15, 0.2) is 0 Å². The van der Waals surface area contributed by atoms with Crippen LogP contribution in [-0.2, 0) is 12.8 Å². The van der Waals surface area contributed by atoms with Gasteiger partial charge in [-0.3, -0.25) is 0 Å². The maximum absolute atomic E-state index is 13.1. The Kier molecular flexibility index (Phi) is 6.45. The standard InChI is InChI=1S/C20H21F3/c21-20(22,23)19(16-15-18-11-5-2-6-12-18)14-8-7-13-17-9-3-1-4-10-17/h1-6,9-12,14H,7-8,13,15-16H2. The summed E-state index contributed by atoms with van der Waals surface area (Å²) in [6.07, 6.45) is -0.411. The monoisotopic (exact) mass is 318 g/mol. The number of unbranched alkanes of at least 4 members (excludes halogenated alkanes) is 1. The average molecular weight is 318 g/mol. The summed E-state index contributed by atoms with van der Waals surface area (Å²) in [4.78, 5) is 0. The summed E-state index contributed by atoms with van der Waals surface area (Å²) in [5.74, 6) is 0. The molecule has 2 rings (SSSR count). The first-order valence-electron chi connectivity index (χ1n) is 7.90. The fraction of sp³-hybridized carbons (Fsp3) is 0.300. The van der Waals surface area contributed by atoms with Crippen LogP contribution in [0.15, 0.2) is 72.3 Å². The number of aryl methyl sites for hydroxylation is 2. The average Bonchev–Trinajstić information content (AvgIpc) is 2.55. The Morgan fingerprint density at radius 2 is 1.30 bits per heavy atom. The Bertz CT molecular complexity index is 598. The number of halogens is 3. The van der Waals surface area contributed by atoms with Crippen molar-refractivity contribution in [1.82, 2.24) is 0 Å². The van der Waals surface area contributed by atoms with Crippen molar-refractivity contribution < 1.29 is 13.2 Å². The molecule has 0 radical (unpaired) electrons. The Morgan fingerprint density at radius 3 is 1.83 bits per heavy atom. The van der Waals surface area contributed by atoms with Crippen molar-refractivity contribution in [3.05, 3.63) is 83.4 Å². The fourth-order valence-electron chi connectivity index (χ4n) is 2.51. The highest BCUT2D eigenvalue weighted by Gasteiger charge is 2.32. The van der Waals surface area contributed by atoms with Gasteiger partial charge in [-0.05, 0) is 43.2 Å². The lowest BCUT2D eigenvalue weighted by Crippen LogP contribution is -2.12.